The van der Waals surface area contributed by atoms with Gasteiger partial charge in [-0.05, 0) is 32.5 Å². The number of hydrogen-bond donors (Lipinski definition) is 1. The molecule has 0 bridgehead atoms. The van der Waals surface area contributed by atoms with Crippen LogP contribution in [-0.4, -0.2) is 57.8 Å². The molecule has 1 amide bonds. The maximum absolute atomic E-state index is 11.7. The van der Waals surface area contributed by atoms with Crippen molar-refractivity contribution in [1.82, 2.24) is 10.2 Å². The Balaban J connectivity index is 2.11. The number of ether oxygens (including phenoxy) is 2. The molecule has 5 heteroatoms. The number of nitrogens with one attached hydrogen (secondary N) is 1. The summed E-state index contributed by atoms with van der Waals surface area (Å²) in [5.74, 6) is 0.891. The first-order chi connectivity index (χ1) is 10.1. The predicted octanol–water partition coefficient (Wildman–Crippen LogP) is 1.46. The van der Waals surface area contributed by atoms with E-state index in [9.17, 15) is 4.79 Å². The van der Waals surface area contributed by atoms with Crippen molar-refractivity contribution in [2.75, 3.05) is 47.0 Å². The highest BCUT2D eigenvalue weighted by Crippen LogP contribution is 2.10. The van der Waals surface area contributed by atoms with Crippen molar-refractivity contribution < 1.29 is 14.3 Å². The van der Waals surface area contributed by atoms with E-state index in [1.165, 1.54) is 5.56 Å². The van der Waals surface area contributed by atoms with E-state index in [4.69, 9.17) is 9.47 Å². The van der Waals surface area contributed by atoms with Crippen LogP contribution in [0.3, 0.4) is 0 Å². The van der Waals surface area contributed by atoms with Crippen molar-refractivity contribution in [3.8, 4) is 5.75 Å². The topological polar surface area (TPSA) is 50.8 Å². The first kappa shape index (κ1) is 17.5. The molecule has 0 heterocycles. The van der Waals surface area contributed by atoms with Crippen LogP contribution in [0, 0.1) is 6.92 Å². The molecular weight excluding hydrogens is 268 g/mol. The average molecular weight is 294 g/mol. The molecule has 0 aromatic heterocycles. The van der Waals surface area contributed by atoms with Gasteiger partial charge in [0.2, 0.25) is 5.91 Å². The molecule has 0 aliphatic heterocycles. The van der Waals surface area contributed by atoms with E-state index in [1.807, 2.05) is 43.1 Å². The molecule has 0 aliphatic rings. The number of carbonyl (C=O) groups is 1. The summed E-state index contributed by atoms with van der Waals surface area (Å²) in [5.41, 5.74) is 1.21. The Kier molecular flexibility index (Phi) is 8.47. The number of methoxy groups -OCH3 is 1. The standard InChI is InChI=1S/C16H26N2O3/c1-14-5-7-15(8-6-14)21-12-10-18(2)13-16(19)17-9-4-11-20-3/h5-8H,4,9-13H2,1-3H3,(H,17,19). The average Bonchev–Trinajstić information content (AvgIpc) is 2.46. The number of amides is 1. The van der Waals surface area contributed by atoms with Gasteiger partial charge in [0.05, 0.1) is 6.54 Å². The zero-order chi connectivity index (χ0) is 15.5. The highest BCUT2D eigenvalue weighted by molar-refractivity contribution is 5.77. The van der Waals surface area contributed by atoms with Crippen LogP contribution in [0.25, 0.3) is 0 Å². The summed E-state index contributed by atoms with van der Waals surface area (Å²) >= 11 is 0. The van der Waals surface area contributed by atoms with E-state index >= 15 is 0 Å². The molecule has 1 N–H and O–H groups in total. The molecule has 0 spiro atoms. The van der Waals surface area contributed by atoms with Crippen LogP contribution < -0.4 is 10.1 Å². The fraction of sp³-hybridized carbons (Fsp3) is 0.562. The van der Waals surface area contributed by atoms with Gasteiger partial charge in [0.1, 0.15) is 12.4 Å². The van der Waals surface area contributed by atoms with Gasteiger partial charge in [0.15, 0.2) is 0 Å². The van der Waals surface area contributed by atoms with Crippen LogP contribution in [0.2, 0.25) is 0 Å². The fourth-order valence-electron chi connectivity index (χ4n) is 1.78. The minimum Gasteiger partial charge on any atom is -0.492 e. The predicted molar refractivity (Wildman–Crippen MR) is 83.7 cm³/mol. The van der Waals surface area contributed by atoms with Gasteiger partial charge in [0, 0.05) is 26.8 Å². The number of nitrogens with zero attached hydrogens (tertiary/aromatic N) is 1. The van der Waals surface area contributed by atoms with Crippen molar-refractivity contribution in [2.45, 2.75) is 13.3 Å². The van der Waals surface area contributed by atoms with Crippen LogP contribution in [0.5, 0.6) is 5.75 Å². The van der Waals surface area contributed by atoms with Crippen molar-refractivity contribution >= 4 is 5.91 Å². The summed E-state index contributed by atoms with van der Waals surface area (Å²) in [6, 6.07) is 7.95. The number of carbonyl (C=O) groups excluding carboxylic acids is 1. The lowest BCUT2D eigenvalue weighted by atomic mass is 10.2. The Morgan fingerprint density at radius 1 is 1.24 bits per heavy atom. The molecule has 0 radical (unpaired) electrons. The molecule has 118 valence electrons. The summed E-state index contributed by atoms with van der Waals surface area (Å²) in [7, 11) is 3.57. The summed E-state index contributed by atoms with van der Waals surface area (Å²) in [5, 5.41) is 2.86. The third-order valence-electron chi connectivity index (χ3n) is 3.02. The zero-order valence-electron chi connectivity index (χ0n) is 13.2. The highest BCUT2D eigenvalue weighted by Gasteiger charge is 2.06. The van der Waals surface area contributed by atoms with Crippen LogP contribution in [0.1, 0.15) is 12.0 Å². The molecule has 0 saturated carbocycles. The Morgan fingerprint density at radius 3 is 2.62 bits per heavy atom. The quantitative estimate of drug-likeness (QED) is 0.664. The Labute approximate surface area is 127 Å². The minimum absolute atomic E-state index is 0.0314. The van der Waals surface area contributed by atoms with Gasteiger partial charge in [-0.25, -0.2) is 0 Å². The van der Waals surface area contributed by atoms with Crippen LogP contribution in [-0.2, 0) is 9.53 Å². The highest BCUT2D eigenvalue weighted by atomic mass is 16.5. The van der Waals surface area contributed by atoms with Crippen LogP contribution in [0.15, 0.2) is 24.3 Å². The molecule has 0 fully saturated rings. The van der Waals surface area contributed by atoms with Crippen molar-refractivity contribution in [2.24, 2.45) is 0 Å². The van der Waals surface area contributed by atoms with Crippen molar-refractivity contribution in [1.29, 1.82) is 0 Å². The molecule has 21 heavy (non-hydrogen) atoms. The lowest BCUT2D eigenvalue weighted by molar-refractivity contribution is -0.122. The Bertz CT molecular complexity index is 406. The number of benzene rings is 1. The SMILES string of the molecule is COCCCNC(=O)CN(C)CCOc1ccc(C)cc1. The van der Waals surface area contributed by atoms with Crippen molar-refractivity contribution in [3.63, 3.8) is 0 Å². The summed E-state index contributed by atoms with van der Waals surface area (Å²) in [6.07, 6.45) is 0.836. The first-order valence-electron chi connectivity index (χ1n) is 7.25. The van der Waals surface area contributed by atoms with Gasteiger partial charge in [0.25, 0.3) is 0 Å². The normalized spacial score (nSPS) is 10.7. The fourth-order valence-corrected chi connectivity index (χ4v) is 1.78. The lowest BCUT2D eigenvalue weighted by Crippen LogP contribution is -2.37. The van der Waals surface area contributed by atoms with E-state index in [-0.39, 0.29) is 5.91 Å². The molecule has 1 rings (SSSR count). The van der Waals surface area contributed by atoms with Gasteiger partial charge >= 0.3 is 0 Å². The first-order valence-corrected chi connectivity index (χ1v) is 7.25. The molecule has 0 atom stereocenters. The van der Waals surface area contributed by atoms with E-state index in [1.54, 1.807) is 7.11 Å². The maximum atomic E-state index is 11.7. The summed E-state index contributed by atoms with van der Waals surface area (Å²) < 4.78 is 10.6. The third-order valence-corrected chi connectivity index (χ3v) is 3.02. The second-order valence-corrected chi connectivity index (χ2v) is 5.10. The summed E-state index contributed by atoms with van der Waals surface area (Å²) in [6.45, 7) is 5.02. The maximum Gasteiger partial charge on any atom is 0.234 e. The monoisotopic (exact) mass is 294 g/mol. The lowest BCUT2D eigenvalue weighted by Gasteiger charge is -2.16. The number of rotatable bonds is 10. The van der Waals surface area contributed by atoms with Gasteiger partial charge in [-0.1, -0.05) is 17.7 Å². The molecule has 5 nitrogen and oxygen atoms in total. The van der Waals surface area contributed by atoms with E-state index in [0.717, 1.165) is 12.2 Å². The number of aryl methyl sites for hydroxylation is 1. The number of likely N-dealkylation sites (N-methyl/N-ethyl adjacent to an activating group) is 1. The molecule has 0 unspecified atom stereocenters. The summed E-state index contributed by atoms with van der Waals surface area (Å²) in [4.78, 5) is 13.6. The second-order valence-electron chi connectivity index (χ2n) is 5.10. The van der Waals surface area contributed by atoms with E-state index in [0.29, 0.717) is 32.8 Å². The molecule has 1 aromatic carbocycles. The van der Waals surface area contributed by atoms with Crippen LogP contribution in [0.4, 0.5) is 0 Å². The van der Waals surface area contributed by atoms with Gasteiger partial charge in [-0.15, -0.1) is 0 Å². The Hall–Kier alpha value is -1.59. The van der Waals surface area contributed by atoms with Gasteiger partial charge in [-0.2, -0.15) is 0 Å². The Morgan fingerprint density at radius 2 is 1.95 bits per heavy atom. The third kappa shape index (κ3) is 8.32. The largest absolute Gasteiger partial charge is 0.492 e. The van der Waals surface area contributed by atoms with Crippen molar-refractivity contribution in [3.05, 3.63) is 29.8 Å². The van der Waals surface area contributed by atoms with Gasteiger partial charge < -0.3 is 14.8 Å². The minimum atomic E-state index is 0.0314. The zero-order valence-corrected chi connectivity index (χ0v) is 13.2. The molecule has 0 saturated heterocycles. The molecule has 1 aromatic rings. The van der Waals surface area contributed by atoms with Crippen LogP contribution >= 0.6 is 0 Å². The number of hydrogen-bond acceptors (Lipinski definition) is 4. The smallest absolute Gasteiger partial charge is 0.234 e. The van der Waals surface area contributed by atoms with E-state index in [2.05, 4.69) is 5.32 Å². The molecule has 0 aliphatic carbocycles. The van der Waals surface area contributed by atoms with E-state index < -0.39 is 0 Å². The second kappa shape index (κ2) is 10.2. The van der Waals surface area contributed by atoms with Gasteiger partial charge in [-0.3, -0.25) is 9.69 Å². The molecular formula is C16H26N2O3.